The van der Waals surface area contributed by atoms with Crippen molar-refractivity contribution >= 4 is 39.1 Å². The summed E-state index contributed by atoms with van der Waals surface area (Å²) in [6, 6.07) is 18.9. The van der Waals surface area contributed by atoms with Gasteiger partial charge in [-0.15, -0.1) is 0 Å². The van der Waals surface area contributed by atoms with E-state index in [9.17, 15) is 22.4 Å². The first-order valence-electron chi connectivity index (χ1n) is 12.8. The molecule has 0 saturated heterocycles. The topological polar surface area (TPSA) is 86.8 Å². The Morgan fingerprint density at radius 2 is 1.59 bits per heavy atom. The first-order valence-corrected chi connectivity index (χ1v) is 14.6. The van der Waals surface area contributed by atoms with Crippen LogP contribution in [0, 0.1) is 5.82 Å². The quantitative estimate of drug-likeness (QED) is 0.365. The molecule has 39 heavy (non-hydrogen) atoms. The zero-order chi connectivity index (χ0) is 28.0. The third-order valence-electron chi connectivity index (χ3n) is 6.89. The molecule has 0 bridgehead atoms. The minimum absolute atomic E-state index is 0.000397. The van der Waals surface area contributed by atoms with Crippen molar-refractivity contribution in [2.45, 2.75) is 56.1 Å². The fourth-order valence-corrected chi connectivity index (χ4v) is 6.20. The van der Waals surface area contributed by atoms with Crippen molar-refractivity contribution in [3.05, 3.63) is 95.3 Å². The van der Waals surface area contributed by atoms with E-state index in [1.165, 1.54) is 59.5 Å². The number of halogens is 2. The van der Waals surface area contributed by atoms with Crippen LogP contribution in [0.25, 0.3) is 0 Å². The average molecular weight is 572 g/mol. The molecule has 0 radical (unpaired) electrons. The molecular weight excluding hydrogens is 541 g/mol. The zero-order valence-electron chi connectivity index (χ0n) is 21.6. The molecular formula is C29H31ClFN3O4S. The first kappa shape index (κ1) is 28.6. The van der Waals surface area contributed by atoms with Crippen molar-refractivity contribution in [1.29, 1.82) is 0 Å². The lowest BCUT2D eigenvalue weighted by Crippen LogP contribution is -2.52. The van der Waals surface area contributed by atoms with E-state index in [1.807, 2.05) is 0 Å². The van der Waals surface area contributed by atoms with Gasteiger partial charge >= 0.3 is 0 Å². The summed E-state index contributed by atoms with van der Waals surface area (Å²) in [5.41, 5.74) is 0.445. The van der Waals surface area contributed by atoms with E-state index in [1.54, 1.807) is 31.2 Å². The van der Waals surface area contributed by atoms with E-state index >= 15 is 0 Å². The number of sulfonamides is 1. The van der Waals surface area contributed by atoms with E-state index in [0.29, 0.717) is 5.02 Å². The highest BCUT2D eigenvalue weighted by atomic mass is 35.5. The van der Waals surface area contributed by atoms with Crippen LogP contribution in [-0.2, 0) is 26.2 Å². The van der Waals surface area contributed by atoms with Crippen LogP contribution < -0.4 is 9.62 Å². The average Bonchev–Trinajstić information content (AvgIpc) is 3.45. The smallest absolute Gasteiger partial charge is 0.264 e. The molecule has 0 aliphatic heterocycles. The second-order valence-electron chi connectivity index (χ2n) is 9.58. The molecule has 4 rings (SSSR count). The molecule has 206 valence electrons. The van der Waals surface area contributed by atoms with Crippen LogP contribution in [0.5, 0.6) is 0 Å². The molecule has 1 atom stereocenters. The molecule has 1 aliphatic rings. The summed E-state index contributed by atoms with van der Waals surface area (Å²) in [4.78, 5) is 28.3. The van der Waals surface area contributed by atoms with Gasteiger partial charge in [-0.25, -0.2) is 12.8 Å². The largest absolute Gasteiger partial charge is 0.352 e. The maximum Gasteiger partial charge on any atom is 0.264 e. The SMILES string of the molecule is C[C@@H](C(=O)NC1CCCC1)N(Cc1ccccc1F)C(=O)CN(c1ccc(Cl)cc1)S(=O)(=O)c1ccccc1. The van der Waals surface area contributed by atoms with Gasteiger partial charge in [0, 0.05) is 23.2 Å². The number of rotatable bonds is 10. The van der Waals surface area contributed by atoms with Gasteiger partial charge in [0.15, 0.2) is 0 Å². The van der Waals surface area contributed by atoms with Gasteiger partial charge in [-0.3, -0.25) is 13.9 Å². The standard InChI is InChI=1S/C29H31ClFN3O4S/c1-21(29(36)32-24-10-6-7-11-24)33(19-22-9-5-8-14-27(22)31)28(35)20-34(25-17-15-23(30)16-18-25)39(37,38)26-12-3-2-4-13-26/h2-5,8-9,12-18,21,24H,6-7,10-11,19-20H2,1H3,(H,32,36)/t21-/m0/s1. The van der Waals surface area contributed by atoms with Gasteiger partial charge in [-0.2, -0.15) is 0 Å². The lowest BCUT2D eigenvalue weighted by molar-refractivity contribution is -0.139. The number of benzene rings is 3. The predicted octanol–water partition coefficient (Wildman–Crippen LogP) is 5.15. The Bertz CT molecular complexity index is 1400. The Kier molecular flexibility index (Phi) is 9.24. The highest BCUT2D eigenvalue weighted by Crippen LogP contribution is 2.26. The minimum atomic E-state index is -4.17. The molecule has 1 fully saturated rings. The monoisotopic (exact) mass is 571 g/mol. The maximum atomic E-state index is 14.6. The molecule has 0 spiro atoms. The van der Waals surface area contributed by atoms with Crippen molar-refractivity contribution in [3.63, 3.8) is 0 Å². The van der Waals surface area contributed by atoms with Gasteiger partial charge in [-0.1, -0.05) is 60.8 Å². The molecule has 0 unspecified atom stereocenters. The van der Waals surface area contributed by atoms with Gasteiger partial charge in [0.1, 0.15) is 18.4 Å². The molecule has 0 heterocycles. The predicted molar refractivity (Wildman–Crippen MR) is 149 cm³/mol. The number of carbonyl (C=O) groups is 2. The summed E-state index contributed by atoms with van der Waals surface area (Å²) in [6.45, 7) is 0.764. The molecule has 3 aromatic rings. The molecule has 10 heteroatoms. The Morgan fingerprint density at radius 1 is 0.974 bits per heavy atom. The highest BCUT2D eigenvalue weighted by Gasteiger charge is 2.33. The fraction of sp³-hybridized carbons (Fsp3) is 0.310. The van der Waals surface area contributed by atoms with Crippen LogP contribution in [-0.4, -0.2) is 43.8 Å². The van der Waals surface area contributed by atoms with Crippen LogP contribution in [0.3, 0.4) is 0 Å². The van der Waals surface area contributed by atoms with E-state index in [4.69, 9.17) is 11.6 Å². The van der Waals surface area contributed by atoms with Gasteiger partial charge in [-0.05, 0) is 62.2 Å². The molecule has 3 aromatic carbocycles. The summed E-state index contributed by atoms with van der Waals surface area (Å²) in [5, 5.41) is 3.39. The van der Waals surface area contributed by atoms with Crippen molar-refractivity contribution in [1.82, 2.24) is 10.2 Å². The normalized spacial score (nSPS) is 14.5. The van der Waals surface area contributed by atoms with Crippen molar-refractivity contribution < 1.29 is 22.4 Å². The Balaban J connectivity index is 1.68. The number of nitrogens with zero attached hydrogens (tertiary/aromatic N) is 2. The minimum Gasteiger partial charge on any atom is -0.352 e. The van der Waals surface area contributed by atoms with E-state index in [2.05, 4.69) is 5.32 Å². The number of hydrogen-bond acceptors (Lipinski definition) is 4. The van der Waals surface area contributed by atoms with Gasteiger partial charge < -0.3 is 10.2 Å². The van der Waals surface area contributed by atoms with E-state index < -0.39 is 34.3 Å². The number of hydrogen-bond donors (Lipinski definition) is 1. The number of nitrogens with one attached hydrogen (secondary N) is 1. The molecule has 1 aliphatic carbocycles. The lowest BCUT2D eigenvalue weighted by Gasteiger charge is -2.32. The Morgan fingerprint density at radius 3 is 2.23 bits per heavy atom. The summed E-state index contributed by atoms with van der Waals surface area (Å²) in [5.74, 6) is -1.54. The first-order chi connectivity index (χ1) is 18.7. The second kappa shape index (κ2) is 12.6. The Hall–Kier alpha value is -3.43. The lowest BCUT2D eigenvalue weighted by atomic mass is 10.1. The molecule has 1 N–H and O–H groups in total. The Labute approximate surface area is 233 Å². The fourth-order valence-electron chi connectivity index (χ4n) is 4.64. The second-order valence-corrected chi connectivity index (χ2v) is 11.9. The van der Waals surface area contributed by atoms with Crippen LogP contribution >= 0.6 is 11.6 Å². The molecule has 0 aromatic heterocycles. The summed E-state index contributed by atoms with van der Waals surface area (Å²) in [7, 11) is -4.17. The highest BCUT2D eigenvalue weighted by molar-refractivity contribution is 7.92. The van der Waals surface area contributed by atoms with Crippen LogP contribution in [0.2, 0.25) is 5.02 Å². The molecule has 2 amide bonds. The molecule has 1 saturated carbocycles. The maximum absolute atomic E-state index is 14.6. The summed E-state index contributed by atoms with van der Waals surface area (Å²) < 4.78 is 43.0. The van der Waals surface area contributed by atoms with Crippen molar-refractivity contribution in [3.8, 4) is 0 Å². The van der Waals surface area contributed by atoms with Crippen molar-refractivity contribution in [2.75, 3.05) is 10.8 Å². The number of amides is 2. The van der Waals surface area contributed by atoms with Crippen LogP contribution in [0.15, 0.2) is 83.8 Å². The number of carbonyl (C=O) groups excluding carboxylic acids is 2. The number of anilines is 1. The van der Waals surface area contributed by atoms with Gasteiger partial charge in [0.25, 0.3) is 10.0 Å². The summed E-state index contributed by atoms with van der Waals surface area (Å²) >= 11 is 6.03. The third kappa shape index (κ3) is 6.96. The van der Waals surface area contributed by atoms with Crippen LogP contribution in [0.1, 0.15) is 38.2 Å². The van der Waals surface area contributed by atoms with Gasteiger partial charge in [0.2, 0.25) is 11.8 Å². The molecule has 7 nitrogen and oxygen atoms in total. The summed E-state index contributed by atoms with van der Waals surface area (Å²) in [6.07, 6.45) is 3.76. The van der Waals surface area contributed by atoms with E-state index in [0.717, 1.165) is 30.0 Å². The van der Waals surface area contributed by atoms with Gasteiger partial charge in [0.05, 0.1) is 10.6 Å². The third-order valence-corrected chi connectivity index (χ3v) is 8.93. The zero-order valence-corrected chi connectivity index (χ0v) is 23.2. The van der Waals surface area contributed by atoms with Crippen molar-refractivity contribution in [2.24, 2.45) is 0 Å². The van der Waals surface area contributed by atoms with Crippen LogP contribution in [0.4, 0.5) is 10.1 Å². The van der Waals surface area contributed by atoms with E-state index in [-0.39, 0.29) is 34.6 Å².